The quantitative estimate of drug-likeness (QED) is 0.695. The van der Waals surface area contributed by atoms with Gasteiger partial charge in [-0.3, -0.25) is 14.6 Å². The molecule has 1 heterocycles. The van der Waals surface area contributed by atoms with Crippen LogP contribution in [0.2, 0.25) is 0 Å². The lowest BCUT2D eigenvalue weighted by Crippen LogP contribution is -2.24. The summed E-state index contributed by atoms with van der Waals surface area (Å²) in [6, 6.07) is 0. The zero-order valence-electron chi connectivity index (χ0n) is 6.92. The Morgan fingerprint density at radius 1 is 1.54 bits per heavy atom. The van der Waals surface area contributed by atoms with Gasteiger partial charge in [0.05, 0.1) is 0 Å². The van der Waals surface area contributed by atoms with Gasteiger partial charge in [-0.15, -0.1) is 0 Å². The number of nitrogens with one attached hydrogen (secondary N) is 2. The molecule has 2 N–H and O–H groups in total. The Morgan fingerprint density at radius 2 is 2.23 bits per heavy atom. The van der Waals surface area contributed by atoms with Gasteiger partial charge in [0.25, 0.3) is 5.56 Å². The summed E-state index contributed by atoms with van der Waals surface area (Å²) in [5.74, 6) is 0.279. The molecule has 0 amide bonds. The fraction of sp³-hybridized carbons (Fsp3) is 0.286. The summed E-state index contributed by atoms with van der Waals surface area (Å²) in [7, 11) is 0. The summed E-state index contributed by atoms with van der Waals surface area (Å²) in [5, 5.41) is -0.0643. The minimum atomic E-state index is -0.540. The van der Waals surface area contributed by atoms with E-state index in [9.17, 15) is 14.4 Å². The van der Waals surface area contributed by atoms with Crippen molar-refractivity contribution in [3.8, 4) is 0 Å². The minimum Gasteiger partial charge on any atom is -0.314 e. The van der Waals surface area contributed by atoms with Crippen LogP contribution in [-0.4, -0.2) is 15.1 Å². The van der Waals surface area contributed by atoms with E-state index in [1.165, 1.54) is 13.1 Å². The molecule has 1 aromatic rings. The SMILES string of the molecule is CC(=O)SCc1c[nH]c(=O)[nH]c1=O. The fourth-order valence-electron chi connectivity index (χ4n) is 0.724. The van der Waals surface area contributed by atoms with E-state index in [2.05, 4.69) is 9.97 Å². The van der Waals surface area contributed by atoms with Crippen LogP contribution in [-0.2, 0) is 10.5 Å². The number of thioether (sulfide) groups is 1. The van der Waals surface area contributed by atoms with Gasteiger partial charge in [-0.1, -0.05) is 11.8 Å². The highest BCUT2D eigenvalue weighted by molar-refractivity contribution is 8.12. The maximum Gasteiger partial charge on any atom is 0.325 e. The van der Waals surface area contributed by atoms with Crippen molar-refractivity contribution in [1.29, 1.82) is 0 Å². The van der Waals surface area contributed by atoms with E-state index in [1.54, 1.807) is 0 Å². The molecule has 5 nitrogen and oxygen atoms in total. The van der Waals surface area contributed by atoms with E-state index in [-0.39, 0.29) is 10.9 Å². The number of H-pyrrole nitrogens is 2. The van der Waals surface area contributed by atoms with Crippen molar-refractivity contribution in [1.82, 2.24) is 9.97 Å². The van der Waals surface area contributed by atoms with Gasteiger partial charge >= 0.3 is 5.69 Å². The van der Waals surface area contributed by atoms with Crippen LogP contribution in [0.15, 0.2) is 15.8 Å². The predicted octanol–water partition coefficient (Wildman–Crippen LogP) is -0.157. The van der Waals surface area contributed by atoms with E-state index in [0.717, 1.165) is 11.8 Å². The Kier molecular flexibility index (Phi) is 3.07. The Hall–Kier alpha value is -1.30. The molecule has 0 aliphatic rings. The van der Waals surface area contributed by atoms with Gasteiger partial charge in [0, 0.05) is 24.4 Å². The molecule has 0 bridgehead atoms. The average Bonchev–Trinajstić information content (AvgIpc) is 2.02. The van der Waals surface area contributed by atoms with E-state index in [0.29, 0.717) is 5.56 Å². The number of rotatable bonds is 2. The van der Waals surface area contributed by atoms with Gasteiger partial charge in [0.2, 0.25) is 0 Å². The minimum absolute atomic E-state index is 0.0643. The zero-order valence-corrected chi connectivity index (χ0v) is 7.73. The first kappa shape index (κ1) is 9.79. The maximum atomic E-state index is 11.1. The highest BCUT2D eigenvalue weighted by Crippen LogP contribution is 2.06. The third kappa shape index (κ3) is 2.90. The lowest BCUT2D eigenvalue weighted by atomic mass is 10.4. The third-order valence-corrected chi connectivity index (χ3v) is 2.19. The summed E-state index contributed by atoms with van der Waals surface area (Å²) < 4.78 is 0. The molecular weight excluding hydrogens is 192 g/mol. The monoisotopic (exact) mass is 200 g/mol. The number of aromatic nitrogens is 2. The van der Waals surface area contributed by atoms with Crippen LogP contribution in [0, 0.1) is 0 Å². The lowest BCUT2D eigenvalue weighted by molar-refractivity contribution is -0.109. The first-order chi connectivity index (χ1) is 6.09. The van der Waals surface area contributed by atoms with Crippen molar-refractivity contribution in [3.05, 3.63) is 32.6 Å². The molecule has 0 atom stereocenters. The second-order valence-electron chi connectivity index (χ2n) is 2.38. The van der Waals surface area contributed by atoms with Crippen LogP contribution < -0.4 is 11.2 Å². The average molecular weight is 200 g/mol. The normalized spacial score (nSPS) is 9.92. The van der Waals surface area contributed by atoms with E-state index in [1.807, 2.05) is 0 Å². The second kappa shape index (κ2) is 4.08. The molecule has 0 saturated carbocycles. The van der Waals surface area contributed by atoms with E-state index >= 15 is 0 Å². The smallest absolute Gasteiger partial charge is 0.314 e. The van der Waals surface area contributed by atoms with Crippen molar-refractivity contribution < 1.29 is 4.79 Å². The number of carbonyl (C=O) groups is 1. The summed E-state index contributed by atoms with van der Waals surface area (Å²) in [6.07, 6.45) is 1.32. The number of carbonyl (C=O) groups excluding carboxylic acids is 1. The third-order valence-electron chi connectivity index (χ3n) is 1.33. The van der Waals surface area contributed by atoms with Crippen molar-refractivity contribution >= 4 is 16.9 Å². The Morgan fingerprint density at radius 3 is 2.77 bits per heavy atom. The molecule has 70 valence electrons. The molecule has 0 aliphatic carbocycles. The molecule has 0 aliphatic heterocycles. The van der Waals surface area contributed by atoms with E-state index < -0.39 is 11.2 Å². The first-order valence-corrected chi connectivity index (χ1v) is 4.52. The second-order valence-corrected chi connectivity index (χ2v) is 3.53. The highest BCUT2D eigenvalue weighted by Gasteiger charge is 2.01. The zero-order chi connectivity index (χ0) is 9.84. The highest BCUT2D eigenvalue weighted by atomic mass is 32.2. The molecule has 0 radical (unpaired) electrons. The van der Waals surface area contributed by atoms with Crippen LogP contribution in [0.4, 0.5) is 0 Å². The molecule has 13 heavy (non-hydrogen) atoms. The van der Waals surface area contributed by atoms with Gasteiger partial charge in [0.1, 0.15) is 0 Å². The van der Waals surface area contributed by atoms with Crippen LogP contribution in [0.1, 0.15) is 12.5 Å². The summed E-state index contributed by atoms with van der Waals surface area (Å²) >= 11 is 1.02. The molecule has 1 aromatic heterocycles. The molecule has 0 aromatic carbocycles. The van der Waals surface area contributed by atoms with Crippen LogP contribution in [0.3, 0.4) is 0 Å². The summed E-state index contributed by atoms with van der Waals surface area (Å²) in [4.78, 5) is 36.6. The lowest BCUT2D eigenvalue weighted by Gasteiger charge is -1.95. The molecule has 0 unspecified atom stereocenters. The largest absolute Gasteiger partial charge is 0.325 e. The maximum absolute atomic E-state index is 11.1. The molecule has 0 spiro atoms. The summed E-state index contributed by atoms with van der Waals surface area (Å²) in [6.45, 7) is 1.42. The van der Waals surface area contributed by atoms with Gasteiger partial charge < -0.3 is 4.98 Å². The molecular formula is C7H8N2O3S. The Balaban J connectivity index is 2.84. The van der Waals surface area contributed by atoms with Gasteiger partial charge in [-0.05, 0) is 0 Å². The molecule has 0 saturated heterocycles. The van der Waals surface area contributed by atoms with Gasteiger partial charge in [-0.2, -0.15) is 0 Å². The van der Waals surface area contributed by atoms with E-state index in [4.69, 9.17) is 0 Å². The van der Waals surface area contributed by atoms with Crippen LogP contribution >= 0.6 is 11.8 Å². The number of hydrogen-bond donors (Lipinski definition) is 2. The van der Waals surface area contributed by atoms with Crippen molar-refractivity contribution in [2.75, 3.05) is 0 Å². The number of aromatic amines is 2. The fourth-order valence-corrected chi connectivity index (χ4v) is 1.30. The Bertz CT molecular complexity index is 420. The van der Waals surface area contributed by atoms with Gasteiger partial charge in [-0.25, -0.2) is 4.79 Å². The van der Waals surface area contributed by atoms with Crippen molar-refractivity contribution in [2.24, 2.45) is 0 Å². The van der Waals surface area contributed by atoms with Crippen LogP contribution in [0.25, 0.3) is 0 Å². The standard InChI is InChI=1S/C7H8N2O3S/c1-4(10)13-3-5-2-8-7(12)9-6(5)11/h2H,3H2,1H3,(H2,8,9,11,12). The summed E-state index contributed by atoms with van der Waals surface area (Å²) in [5.41, 5.74) is -0.598. The first-order valence-electron chi connectivity index (χ1n) is 3.54. The molecule has 6 heteroatoms. The van der Waals surface area contributed by atoms with Crippen molar-refractivity contribution in [2.45, 2.75) is 12.7 Å². The van der Waals surface area contributed by atoms with Crippen molar-refractivity contribution in [3.63, 3.8) is 0 Å². The Labute approximate surface area is 77.6 Å². The molecule has 1 rings (SSSR count). The predicted molar refractivity (Wildman–Crippen MR) is 49.7 cm³/mol. The number of hydrogen-bond acceptors (Lipinski definition) is 4. The van der Waals surface area contributed by atoms with Crippen LogP contribution in [0.5, 0.6) is 0 Å². The molecule has 0 fully saturated rings. The van der Waals surface area contributed by atoms with Gasteiger partial charge in [0.15, 0.2) is 5.12 Å². The topological polar surface area (TPSA) is 82.8 Å².